The molecule has 1 fully saturated rings. The first kappa shape index (κ1) is 15.2. The number of hydrogen-bond acceptors (Lipinski definition) is 3. The molecule has 0 bridgehead atoms. The zero-order valence-electron chi connectivity index (χ0n) is 12.2. The van der Waals surface area contributed by atoms with Crippen molar-refractivity contribution in [1.82, 2.24) is 4.90 Å². The molecule has 1 aliphatic rings. The number of phenolic OH excluding ortho intramolecular Hbond substituents is 1. The summed E-state index contributed by atoms with van der Waals surface area (Å²) in [5, 5.41) is 10.2. The molecule has 3 nitrogen and oxygen atoms in total. The summed E-state index contributed by atoms with van der Waals surface area (Å²) in [5.74, 6) is 1.51. The summed E-state index contributed by atoms with van der Waals surface area (Å²) in [6.45, 7) is 2.19. The zero-order valence-corrected chi connectivity index (χ0v) is 13.0. The Morgan fingerprint density at radius 3 is 2.95 bits per heavy atom. The van der Waals surface area contributed by atoms with Crippen molar-refractivity contribution in [3.8, 4) is 5.75 Å². The molecule has 0 heterocycles. The van der Waals surface area contributed by atoms with Gasteiger partial charge < -0.3 is 10.0 Å². The van der Waals surface area contributed by atoms with Gasteiger partial charge in [0.05, 0.1) is 6.42 Å². The maximum atomic E-state index is 12.3. The second kappa shape index (κ2) is 7.02. The molecule has 20 heavy (non-hydrogen) atoms. The Labute approximate surface area is 125 Å². The highest BCUT2D eigenvalue weighted by Crippen LogP contribution is 2.32. The van der Waals surface area contributed by atoms with E-state index >= 15 is 0 Å². The van der Waals surface area contributed by atoms with Gasteiger partial charge in [0.1, 0.15) is 5.75 Å². The first-order valence-corrected chi connectivity index (χ1v) is 8.30. The lowest BCUT2D eigenvalue weighted by Crippen LogP contribution is -2.36. The molecule has 4 heteroatoms. The van der Waals surface area contributed by atoms with Crippen molar-refractivity contribution in [1.29, 1.82) is 0 Å². The predicted octanol–water partition coefficient (Wildman–Crippen LogP) is 3.07. The topological polar surface area (TPSA) is 40.5 Å². The van der Waals surface area contributed by atoms with Crippen LogP contribution in [0.5, 0.6) is 5.75 Å². The highest BCUT2D eigenvalue weighted by molar-refractivity contribution is 7.99. The number of rotatable bonds is 5. The van der Waals surface area contributed by atoms with Gasteiger partial charge in [0, 0.05) is 18.3 Å². The van der Waals surface area contributed by atoms with Crippen molar-refractivity contribution >= 4 is 17.7 Å². The molecule has 0 saturated heterocycles. The normalized spacial score (nSPS) is 21.9. The van der Waals surface area contributed by atoms with Crippen molar-refractivity contribution in [2.75, 3.05) is 12.8 Å². The van der Waals surface area contributed by atoms with Gasteiger partial charge in [-0.25, -0.2) is 0 Å². The number of aromatic hydroxyl groups is 1. The van der Waals surface area contributed by atoms with Gasteiger partial charge in [-0.2, -0.15) is 11.8 Å². The number of hydrogen-bond donors (Lipinski definition) is 1. The van der Waals surface area contributed by atoms with E-state index in [-0.39, 0.29) is 11.7 Å². The highest BCUT2D eigenvalue weighted by atomic mass is 32.2. The number of likely N-dealkylation sites (N-methyl/N-ethyl adjacent to an activating group) is 1. The third-order valence-electron chi connectivity index (χ3n) is 3.97. The fraction of sp³-hybridized carbons (Fsp3) is 0.562. The monoisotopic (exact) mass is 293 g/mol. The number of amides is 1. The molecular weight excluding hydrogens is 270 g/mol. The van der Waals surface area contributed by atoms with Gasteiger partial charge in [-0.15, -0.1) is 0 Å². The molecule has 1 aromatic rings. The Morgan fingerprint density at radius 2 is 2.25 bits per heavy atom. The fourth-order valence-corrected chi connectivity index (χ4v) is 3.96. The van der Waals surface area contributed by atoms with E-state index in [0.29, 0.717) is 17.7 Å². The molecule has 2 rings (SSSR count). The molecule has 1 amide bonds. The van der Waals surface area contributed by atoms with E-state index in [1.54, 1.807) is 18.2 Å². The summed E-state index contributed by atoms with van der Waals surface area (Å²) >= 11 is 2.01. The average Bonchev–Trinajstić information content (AvgIpc) is 2.87. The lowest BCUT2D eigenvalue weighted by Gasteiger charge is -2.25. The lowest BCUT2D eigenvalue weighted by molar-refractivity contribution is -0.131. The van der Waals surface area contributed by atoms with Crippen LogP contribution in [-0.4, -0.2) is 40.0 Å². The quantitative estimate of drug-likeness (QED) is 0.907. The largest absolute Gasteiger partial charge is 0.508 e. The second-order valence-corrected chi connectivity index (χ2v) is 6.97. The van der Waals surface area contributed by atoms with Crippen LogP contribution in [0.2, 0.25) is 0 Å². The minimum absolute atomic E-state index is 0.141. The fourth-order valence-electron chi connectivity index (χ4n) is 2.83. The van der Waals surface area contributed by atoms with Gasteiger partial charge in [-0.1, -0.05) is 19.1 Å². The smallest absolute Gasteiger partial charge is 0.226 e. The molecule has 0 aliphatic heterocycles. The Hall–Kier alpha value is -1.16. The Kier molecular flexibility index (Phi) is 5.35. The van der Waals surface area contributed by atoms with Crippen LogP contribution in [0, 0.1) is 0 Å². The van der Waals surface area contributed by atoms with E-state index in [2.05, 4.69) is 6.92 Å². The summed E-state index contributed by atoms with van der Waals surface area (Å²) in [6, 6.07) is 7.33. The van der Waals surface area contributed by atoms with Crippen LogP contribution in [0.1, 0.15) is 31.7 Å². The lowest BCUT2D eigenvalue weighted by atomic mass is 10.1. The summed E-state index contributed by atoms with van der Waals surface area (Å²) in [7, 11) is 1.91. The number of thioether (sulfide) groups is 1. The number of phenols is 1. The minimum Gasteiger partial charge on any atom is -0.508 e. The van der Waals surface area contributed by atoms with Crippen LogP contribution in [0.25, 0.3) is 0 Å². The summed E-state index contributed by atoms with van der Waals surface area (Å²) in [5.41, 5.74) is 0.874. The van der Waals surface area contributed by atoms with Crippen molar-refractivity contribution in [3.63, 3.8) is 0 Å². The summed E-state index contributed by atoms with van der Waals surface area (Å²) in [4.78, 5) is 14.2. The third-order valence-corrected chi connectivity index (χ3v) is 5.20. The van der Waals surface area contributed by atoms with Gasteiger partial charge in [0.25, 0.3) is 0 Å². The Balaban J connectivity index is 1.89. The van der Waals surface area contributed by atoms with Gasteiger partial charge in [0.2, 0.25) is 5.91 Å². The van der Waals surface area contributed by atoms with Gasteiger partial charge in [-0.3, -0.25) is 4.79 Å². The second-order valence-electron chi connectivity index (χ2n) is 5.40. The van der Waals surface area contributed by atoms with Crippen molar-refractivity contribution < 1.29 is 9.90 Å². The SMILES string of the molecule is CCSC1CCC(N(C)C(=O)Cc2cccc(O)c2)C1. The molecule has 0 aromatic heterocycles. The molecule has 1 saturated carbocycles. The van der Waals surface area contributed by atoms with Crippen molar-refractivity contribution in [2.45, 2.75) is 43.9 Å². The van der Waals surface area contributed by atoms with Crippen LogP contribution in [-0.2, 0) is 11.2 Å². The third kappa shape index (κ3) is 3.92. The molecule has 1 aliphatic carbocycles. The molecule has 1 N–H and O–H groups in total. The van der Waals surface area contributed by atoms with E-state index in [4.69, 9.17) is 0 Å². The van der Waals surface area contributed by atoms with E-state index in [1.807, 2.05) is 29.8 Å². The van der Waals surface area contributed by atoms with Gasteiger partial charge in [0.15, 0.2) is 0 Å². The number of carbonyl (C=O) groups excluding carboxylic acids is 1. The van der Waals surface area contributed by atoms with E-state index in [0.717, 1.165) is 24.2 Å². The zero-order chi connectivity index (χ0) is 14.5. The maximum absolute atomic E-state index is 12.3. The van der Waals surface area contributed by atoms with Crippen LogP contribution >= 0.6 is 11.8 Å². The van der Waals surface area contributed by atoms with E-state index < -0.39 is 0 Å². The molecule has 0 spiro atoms. The standard InChI is InChI=1S/C16H23NO2S/c1-3-20-15-8-7-13(11-15)17(2)16(19)10-12-5-4-6-14(18)9-12/h4-6,9,13,15,18H,3,7-8,10-11H2,1-2H3. The first-order valence-electron chi connectivity index (χ1n) is 7.25. The molecule has 1 aromatic carbocycles. The average molecular weight is 293 g/mol. The predicted molar refractivity (Wildman–Crippen MR) is 84.1 cm³/mol. The number of carbonyl (C=O) groups is 1. The minimum atomic E-state index is 0.141. The van der Waals surface area contributed by atoms with Crippen molar-refractivity contribution in [3.05, 3.63) is 29.8 Å². The molecule has 0 radical (unpaired) electrons. The molecular formula is C16H23NO2S. The molecule has 2 unspecified atom stereocenters. The number of nitrogens with zero attached hydrogens (tertiary/aromatic N) is 1. The summed E-state index contributed by atoms with van der Waals surface area (Å²) in [6.07, 6.45) is 3.81. The van der Waals surface area contributed by atoms with E-state index in [1.165, 1.54) is 6.42 Å². The van der Waals surface area contributed by atoms with E-state index in [9.17, 15) is 9.90 Å². The van der Waals surface area contributed by atoms with Crippen molar-refractivity contribution in [2.24, 2.45) is 0 Å². The van der Waals surface area contributed by atoms with Gasteiger partial charge in [-0.05, 0) is 42.7 Å². The molecule has 110 valence electrons. The highest BCUT2D eigenvalue weighted by Gasteiger charge is 2.29. The Morgan fingerprint density at radius 1 is 1.45 bits per heavy atom. The maximum Gasteiger partial charge on any atom is 0.226 e. The first-order chi connectivity index (χ1) is 9.60. The van der Waals surface area contributed by atoms with Gasteiger partial charge >= 0.3 is 0 Å². The van der Waals surface area contributed by atoms with Crippen LogP contribution in [0.3, 0.4) is 0 Å². The van der Waals surface area contributed by atoms with Crippen LogP contribution in [0.15, 0.2) is 24.3 Å². The van der Waals surface area contributed by atoms with Crippen LogP contribution in [0.4, 0.5) is 0 Å². The Bertz CT molecular complexity index is 464. The summed E-state index contributed by atoms with van der Waals surface area (Å²) < 4.78 is 0. The number of benzene rings is 1. The van der Waals surface area contributed by atoms with Crippen LogP contribution < -0.4 is 0 Å². The molecule has 2 atom stereocenters.